The van der Waals surface area contributed by atoms with Crippen LogP contribution in [0.4, 0.5) is 0 Å². The molecule has 0 heterocycles. The first-order valence-corrected chi connectivity index (χ1v) is 6.71. The third-order valence-electron chi connectivity index (χ3n) is 1.60. The summed E-state index contributed by atoms with van der Waals surface area (Å²) in [5.74, 6) is -2.28. The maximum Gasteiger partial charge on any atom is 0.359 e. The molecule has 0 rings (SSSR count). The Morgan fingerprint density at radius 3 is 1.53 bits per heavy atom. The molecule has 0 atom stereocenters. The molecule has 0 bridgehead atoms. The summed E-state index contributed by atoms with van der Waals surface area (Å²) in [4.78, 5) is 42.2. The zero-order chi connectivity index (χ0) is 12.5. The number of carboxylic acid groups (broad SMARTS) is 1. The van der Waals surface area contributed by atoms with Crippen molar-refractivity contribution in [2.45, 2.75) is 11.8 Å². The quantitative estimate of drug-likeness (QED) is 0.341. The van der Waals surface area contributed by atoms with Gasteiger partial charge in [0, 0.05) is 0 Å². The number of carboxylic acids is 1. The average molecular weight is 260 g/mol. The summed E-state index contributed by atoms with van der Waals surface area (Å²) in [6.07, 6.45) is 1.16. The third-order valence-corrected chi connectivity index (χ3v) is 5.62. The van der Waals surface area contributed by atoms with Gasteiger partial charge in [-0.1, -0.05) is 6.08 Å². The van der Waals surface area contributed by atoms with Gasteiger partial charge in [0.25, 0.3) is 4.90 Å². The van der Waals surface area contributed by atoms with Crippen molar-refractivity contribution in [1.82, 2.24) is 0 Å². The second kappa shape index (κ2) is 4.17. The first-order valence-electron chi connectivity index (χ1n) is 3.49. The fourth-order valence-electron chi connectivity index (χ4n) is 0.917. The zero-order valence-corrected chi connectivity index (χ0v) is 9.30. The molecular formula is C5H10O8P2. The van der Waals surface area contributed by atoms with Crippen LogP contribution in [0.25, 0.3) is 0 Å². The van der Waals surface area contributed by atoms with E-state index in [0.29, 0.717) is 6.08 Å². The molecule has 0 saturated carbocycles. The van der Waals surface area contributed by atoms with Crippen LogP contribution in [-0.2, 0) is 13.9 Å². The molecule has 0 aliphatic rings. The minimum Gasteiger partial charge on any atom is -0.480 e. The lowest BCUT2D eigenvalue weighted by atomic mass is 10.4. The fourth-order valence-corrected chi connectivity index (χ4v) is 3.46. The molecule has 15 heavy (non-hydrogen) atoms. The molecule has 0 aromatic carbocycles. The third kappa shape index (κ3) is 2.36. The zero-order valence-electron chi connectivity index (χ0n) is 7.51. The molecule has 0 aromatic rings. The van der Waals surface area contributed by atoms with E-state index in [0.717, 1.165) is 6.08 Å². The Labute approximate surface area is 84.6 Å². The van der Waals surface area contributed by atoms with Gasteiger partial charge in [-0.2, -0.15) is 0 Å². The van der Waals surface area contributed by atoms with E-state index < -0.39 is 26.1 Å². The highest BCUT2D eigenvalue weighted by atomic mass is 31.2. The van der Waals surface area contributed by atoms with Gasteiger partial charge in [0.2, 0.25) is 0 Å². The monoisotopic (exact) mass is 260 g/mol. The van der Waals surface area contributed by atoms with Crippen molar-refractivity contribution in [2.75, 3.05) is 0 Å². The van der Waals surface area contributed by atoms with E-state index in [1.807, 2.05) is 0 Å². The Balaban J connectivity index is 6.09. The fraction of sp³-hybridized carbons (Fsp3) is 0.400. The van der Waals surface area contributed by atoms with Gasteiger partial charge < -0.3 is 24.7 Å². The molecule has 0 fully saturated rings. The highest BCUT2D eigenvalue weighted by Crippen LogP contribution is 2.69. The van der Waals surface area contributed by atoms with Gasteiger partial charge >= 0.3 is 21.2 Å². The van der Waals surface area contributed by atoms with Crippen LogP contribution in [0, 0.1) is 0 Å². The van der Waals surface area contributed by atoms with Crippen LogP contribution in [0.1, 0.15) is 6.92 Å². The lowest BCUT2D eigenvalue weighted by molar-refractivity contribution is -0.137. The summed E-state index contributed by atoms with van der Waals surface area (Å²) < 4.78 is 21.8. The predicted octanol–water partition coefficient (Wildman–Crippen LogP) is -0.301. The second-order valence-electron chi connectivity index (χ2n) is 2.62. The van der Waals surface area contributed by atoms with Crippen molar-refractivity contribution >= 4 is 21.2 Å². The van der Waals surface area contributed by atoms with Crippen LogP contribution < -0.4 is 0 Å². The van der Waals surface area contributed by atoms with Gasteiger partial charge in [0.15, 0.2) is 0 Å². The Morgan fingerprint density at radius 2 is 1.47 bits per heavy atom. The topological polar surface area (TPSA) is 152 Å². The van der Waals surface area contributed by atoms with E-state index >= 15 is 0 Å². The van der Waals surface area contributed by atoms with Gasteiger partial charge in [-0.25, -0.2) is 4.79 Å². The maximum absolute atomic E-state index is 10.9. The van der Waals surface area contributed by atoms with E-state index in [-0.39, 0.29) is 0 Å². The molecule has 0 aliphatic carbocycles. The van der Waals surface area contributed by atoms with Gasteiger partial charge in [-0.15, -0.1) is 0 Å². The number of hydrogen-bond acceptors (Lipinski definition) is 3. The normalized spacial score (nSPS) is 14.5. The van der Waals surface area contributed by atoms with Crippen LogP contribution in [-0.4, -0.2) is 35.5 Å². The number of aliphatic carboxylic acids is 1. The summed E-state index contributed by atoms with van der Waals surface area (Å²) in [5, 5.41) is 8.59. The molecule has 8 nitrogen and oxygen atoms in total. The summed E-state index contributed by atoms with van der Waals surface area (Å²) in [6.45, 7) is 1.18. The molecular weight excluding hydrogens is 250 g/mol. The predicted molar refractivity (Wildman–Crippen MR) is 49.3 cm³/mol. The molecule has 0 spiro atoms. The van der Waals surface area contributed by atoms with E-state index in [1.165, 1.54) is 6.92 Å². The Bertz CT molecular complexity index is 350. The second-order valence-corrected chi connectivity index (χ2v) is 6.56. The summed E-state index contributed by atoms with van der Waals surface area (Å²) >= 11 is 0. The molecule has 0 aromatic heterocycles. The van der Waals surface area contributed by atoms with Crippen LogP contribution >= 0.6 is 15.2 Å². The molecule has 10 heteroatoms. The van der Waals surface area contributed by atoms with Crippen LogP contribution in [0.2, 0.25) is 0 Å². The number of carbonyl (C=O) groups is 1. The first-order chi connectivity index (χ1) is 6.50. The highest BCUT2D eigenvalue weighted by molar-refractivity contribution is 7.74. The van der Waals surface area contributed by atoms with Crippen molar-refractivity contribution in [1.29, 1.82) is 0 Å². The average Bonchev–Trinajstić information content (AvgIpc) is 1.93. The van der Waals surface area contributed by atoms with Crippen molar-refractivity contribution in [3.8, 4) is 0 Å². The molecule has 0 radical (unpaired) electrons. The molecule has 0 unspecified atom stereocenters. The number of allylic oxidation sites excluding steroid dienone is 1. The Morgan fingerprint density at radius 1 is 1.13 bits per heavy atom. The first kappa shape index (κ1) is 14.5. The lowest BCUT2D eigenvalue weighted by Crippen LogP contribution is -2.36. The van der Waals surface area contributed by atoms with Gasteiger partial charge in [-0.3, -0.25) is 9.13 Å². The molecule has 0 saturated heterocycles. The van der Waals surface area contributed by atoms with Crippen molar-refractivity contribution < 1.29 is 38.6 Å². The van der Waals surface area contributed by atoms with Crippen molar-refractivity contribution in [2.24, 2.45) is 0 Å². The summed E-state index contributed by atoms with van der Waals surface area (Å²) in [6, 6.07) is 0. The van der Waals surface area contributed by atoms with Crippen molar-refractivity contribution in [3.05, 3.63) is 12.2 Å². The lowest BCUT2D eigenvalue weighted by Gasteiger charge is -2.27. The summed E-state index contributed by atoms with van der Waals surface area (Å²) in [5.41, 5.74) is 0. The minimum atomic E-state index is -5.55. The summed E-state index contributed by atoms with van der Waals surface area (Å²) in [7, 11) is -11.1. The van der Waals surface area contributed by atoms with Gasteiger partial charge in [0.1, 0.15) is 0 Å². The van der Waals surface area contributed by atoms with Gasteiger partial charge in [-0.05, 0) is 13.0 Å². The smallest absolute Gasteiger partial charge is 0.359 e. The highest BCUT2D eigenvalue weighted by Gasteiger charge is 2.65. The number of hydrogen-bond donors (Lipinski definition) is 5. The van der Waals surface area contributed by atoms with Crippen molar-refractivity contribution in [3.63, 3.8) is 0 Å². The van der Waals surface area contributed by atoms with Gasteiger partial charge in [0.05, 0.1) is 0 Å². The molecule has 88 valence electrons. The molecule has 5 N–H and O–H groups in total. The maximum atomic E-state index is 10.9. The Hall–Kier alpha value is -0.490. The van der Waals surface area contributed by atoms with E-state index in [4.69, 9.17) is 24.7 Å². The standard InChI is InChI=1S/C5H10O8P2/c1-2-3-5(4(6)7,14(8,9)10)15(11,12)13/h2-3H,1H3,(H,6,7)(H2,8,9,10)(H2,11,12,13). The SMILES string of the molecule is CC=CC(C(=O)O)(P(=O)(O)O)P(=O)(O)O. The molecule has 0 aliphatic heterocycles. The number of rotatable bonds is 4. The van der Waals surface area contributed by atoms with E-state index in [1.54, 1.807) is 0 Å². The Kier molecular flexibility index (Phi) is 4.04. The minimum absolute atomic E-state index is 0.302. The van der Waals surface area contributed by atoms with Crippen LogP contribution in [0.5, 0.6) is 0 Å². The van der Waals surface area contributed by atoms with E-state index in [9.17, 15) is 13.9 Å². The molecule has 0 amide bonds. The largest absolute Gasteiger partial charge is 0.480 e. The van der Waals surface area contributed by atoms with Crippen LogP contribution in [0.3, 0.4) is 0 Å². The van der Waals surface area contributed by atoms with Crippen LogP contribution in [0.15, 0.2) is 12.2 Å². The van der Waals surface area contributed by atoms with E-state index in [2.05, 4.69) is 0 Å².